The molecule has 2 saturated heterocycles. The molecule has 2 aliphatic heterocycles. The second kappa shape index (κ2) is 7.09. The zero-order valence-electron chi connectivity index (χ0n) is 12.7. The first-order valence-electron chi connectivity index (χ1n) is 7.73. The van der Waals surface area contributed by atoms with Gasteiger partial charge in [-0.05, 0) is 31.2 Å². The number of carbonyl (C=O) groups is 1. The van der Waals surface area contributed by atoms with Gasteiger partial charge in [0.15, 0.2) is 0 Å². The highest BCUT2D eigenvalue weighted by atomic mass is 16.5. The molecule has 120 valence electrons. The molecule has 0 aliphatic carbocycles. The van der Waals surface area contributed by atoms with Crippen LogP contribution in [0.2, 0.25) is 0 Å². The molecule has 2 aliphatic rings. The van der Waals surface area contributed by atoms with Gasteiger partial charge in [0.05, 0.1) is 25.9 Å². The number of hydrogen-bond donors (Lipinski definition) is 2. The summed E-state index contributed by atoms with van der Waals surface area (Å²) in [6.07, 6.45) is 0.924. The molecule has 6 heteroatoms. The minimum absolute atomic E-state index is 0.0786. The average molecular weight is 306 g/mol. The van der Waals surface area contributed by atoms with Gasteiger partial charge in [-0.25, -0.2) is 0 Å². The molecule has 2 heterocycles. The molecule has 1 amide bonds. The molecule has 1 aromatic rings. The van der Waals surface area contributed by atoms with Crippen LogP contribution in [-0.4, -0.2) is 50.5 Å². The lowest BCUT2D eigenvalue weighted by atomic mass is 10.1. The van der Waals surface area contributed by atoms with Crippen molar-refractivity contribution in [2.75, 3.05) is 31.7 Å². The van der Waals surface area contributed by atoms with E-state index in [2.05, 4.69) is 10.6 Å². The van der Waals surface area contributed by atoms with Crippen LogP contribution in [0.4, 0.5) is 5.69 Å². The van der Waals surface area contributed by atoms with Crippen molar-refractivity contribution in [3.63, 3.8) is 0 Å². The predicted octanol–water partition coefficient (Wildman–Crippen LogP) is 1.17. The quantitative estimate of drug-likeness (QED) is 0.874. The minimum Gasteiger partial charge on any atom is -0.488 e. The second-order valence-corrected chi connectivity index (χ2v) is 5.62. The molecular weight excluding hydrogens is 284 g/mol. The first kappa shape index (κ1) is 15.3. The van der Waals surface area contributed by atoms with Crippen molar-refractivity contribution in [1.29, 1.82) is 0 Å². The van der Waals surface area contributed by atoms with Gasteiger partial charge in [0.25, 0.3) is 0 Å². The summed E-state index contributed by atoms with van der Waals surface area (Å²) >= 11 is 0. The molecule has 22 heavy (non-hydrogen) atoms. The largest absolute Gasteiger partial charge is 0.488 e. The van der Waals surface area contributed by atoms with Gasteiger partial charge in [-0.15, -0.1) is 0 Å². The number of benzene rings is 1. The zero-order chi connectivity index (χ0) is 15.4. The Kier molecular flexibility index (Phi) is 4.92. The molecule has 0 spiro atoms. The Morgan fingerprint density at radius 1 is 1.32 bits per heavy atom. The molecule has 2 N–H and O–H groups in total. The van der Waals surface area contributed by atoms with Crippen molar-refractivity contribution in [1.82, 2.24) is 5.32 Å². The summed E-state index contributed by atoms with van der Waals surface area (Å²) in [6, 6.07) is 7.10. The van der Waals surface area contributed by atoms with Crippen molar-refractivity contribution in [3.8, 4) is 5.75 Å². The van der Waals surface area contributed by atoms with Crippen LogP contribution in [-0.2, 0) is 14.3 Å². The molecule has 6 nitrogen and oxygen atoms in total. The molecule has 3 atom stereocenters. The van der Waals surface area contributed by atoms with Gasteiger partial charge in [0.1, 0.15) is 17.9 Å². The Morgan fingerprint density at radius 3 is 2.82 bits per heavy atom. The third-order valence-electron chi connectivity index (χ3n) is 3.91. The monoisotopic (exact) mass is 306 g/mol. The Balaban J connectivity index is 1.54. The van der Waals surface area contributed by atoms with Gasteiger partial charge in [0.2, 0.25) is 5.91 Å². The van der Waals surface area contributed by atoms with Gasteiger partial charge >= 0.3 is 0 Å². The number of rotatable bonds is 4. The number of hydrogen-bond acceptors (Lipinski definition) is 5. The van der Waals surface area contributed by atoms with E-state index in [0.29, 0.717) is 19.8 Å². The molecule has 3 rings (SSSR count). The normalized spacial score (nSPS) is 28.3. The summed E-state index contributed by atoms with van der Waals surface area (Å²) < 4.78 is 16.6. The lowest BCUT2D eigenvalue weighted by molar-refractivity contribution is -0.123. The van der Waals surface area contributed by atoms with Crippen LogP contribution in [0.3, 0.4) is 0 Å². The predicted molar refractivity (Wildman–Crippen MR) is 82.1 cm³/mol. The van der Waals surface area contributed by atoms with Crippen LogP contribution in [0.1, 0.15) is 13.3 Å². The van der Waals surface area contributed by atoms with Crippen molar-refractivity contribution < 1.29 is 19.0 Å². The molecule has 0 radical (unpaired) electrons. The number of ether oxygens (including phenoxy) is 3. The fraction of sp³-hybridized carbons (Fsp3) is 0.562. The molecular formula is C16H22N2O4. The van der Waals surface area contributed by atoms with Crippen molar-refractivity contribution in [2.45, 2.75) is 31.6 Å². The van der Waals surface area contributed by atoms with Gasteiger partial charge in [0, 0.05) is 18.7 Å². The van der Waals surface area contributed by atoms with Crippen molar-refractivity contribution in [2.24, 2.45) is 0 Å². The molecule has 1 unspecified atom stereocenters. The third kappa shape index (κ3) is 3.76. The van der Waals surface area contributed by atoms with Crippen molar-refractivity contribution in [3.05, 3.63) is 24.3 Å². The second-order valence-electron chi connectivity index (χ2n) is 5.62. The summed E-state index contributed by atoms with van der Waals surface area (Å²) in [5, 5.41) is 6.07. The van der Waals surface area contributed by atoms with E-state index in [1.807, 2.05) is 31.2 Å². The summed E-state index contributed by atoms with van der Waals surface area (Å²) in [6.45, 7) is 4.63. The number of carbonyl (C=O) groups excluding carboxylic acids is 1. The van der Waals surface area contributed by atoms with Crippen molar-refractivity contribution >= 4 is 11.6 Å². The maximum absolute atomic E-state index is 12.2. The molecule has 0 bridgehead atoms. The van der Waals surface area contributed by atoms with E-state index in [9.17, 15) is 4.79 Å². The van der Waals surface area contributed by atoms with Gasteiger partial charge < -0.3 is 24.8 Å². The van der Waals surface area contributed by atoms with E-state index < -0.39 is 0 Å². The SMILES string of the molecule is C[C@H]1OCCN[C@@H]1C(=O)Nc1ccc(OC2CCOC2)cc1. The number of nitrogens with one attached hydrogen (secondary N) is 2. The number of anilines is 1. The van der Waals surface area contributed by atoms with E-state index in [-0.39, 0.29) is 24.2 Å². The maximum atomic E-state index is 12.2. The molecule has 1 aromatic carbocycles. The molecule has 0 aromatic heterocycles. The Morgan fingerprint density at radius 2 is 2.14 bits per heavy atom. The molecule has 2 fully saturated rings. The average Bonchev–Trinajstić information content (AvgIpc) is 3.02. The van der Waals surface area contributed by atoms with Gasteiger partial charge in [-0.1, -0.05) is 0 Å². The third-order valence-corrected chi connectivity index (χ3v) is 3.91. The topological polar surface area (TPSA) is 68.8 Å². The minimum atomic E-state index is -0.319. The van der Waals surface area contributed by atoms with E-state index in [0.717, 1.165) is 24.5 Å². The van der Waals surface area contributed by atoms with E-state index in [1.54, 1.807) is 0 Å². The van der Waals surface area contributed by atoms with Crippen LogP contribution in [0.5, 0.6) is 5.75 Å². The van der Waals surface area contributed by atoms with Crippen LogP contribution >= 0.6 is 0 Å². The summed E-state index contributed by atoms with van der Waals surface area (Å²) in [4.78, 5) is 12.2. The lowest BCUT2D eigenvalue weighted by Crippen LogP contribution is -2.53. The highest BCUT2D eigenvalue weighted by Crippen LogP contribution is 2.20. The zero-order valence-corrected chi connectivity index (χ0v) is 12.7. The smallest absolute Gasteiger partial charge is 0.244 e. The van der Waals surface area contributed by atoms with Crippen LogP contribution < -0.4 is 15.4 Å². The Labute approximate surface area is 130 Å². The maximum Gasteiger partial charge on any atom is 0.244 e. The number of amides is 1. The highest BCUT2D eigenvalue weighted by Gasteiger charge is 2.28. The standard InChI is InChI=1S/C16H22N2O4/c1-11-15(17-7-9-21-11)16(19)18-12-2-4-13(5-3-12)22-14-6-8-20-10-14/h2-5,11,14-15,17H,6-10H2,1H3,(H,18,19)/t11-,14?,15+/m1/s1. The van der Waals surface area contributed by atoms with Gasteiger partial charge in [-0.2, -0.15) is 0 Å². The summed E-state index contributed by atoms with van der Waals surface area (Å²) in [5.74, 6) is 0.714. The first-order valence-corrected chi connectivity index (χ1v) is 7.73. The Hall–Kier alpha value is -1.63. The summed E-state index contributed by atoms with van der Waals surface area (Å²) in [5.41, 5.74) is 0.750. The fourth-order valence-corrected chi connectivity index (χ4v) is 2.66. The van der Waals surface area contributed by atoms with E-state index in [1.165, 1.54) is 0 Å². The first-order chi connectivity index (χ1) is 10.7. The highest BCUT2D eigenvalue weighted by molar-refractivity contribution is 5.95. The van der Waals surface area contributed by atoms with Crippen LogP contribution in [0.25, 0.3) is 0 Å². The van der Waals surface area contributed by atoms with Gasteiger partial charge in [-0.3, -0.25) is 4.79 Å². The molecule has 0 saturated carbocycles. The van der Waals surface area contributed by atoms with E-state index >= 15 is 0 Å². The number of morpholine rings is 1. The summed E-state index contributed by atoms with van der Waals surface area (Å²) in [7, 11) is 0. The lowest BCUT2D eigenvalue weighted by Gasteiger charge is -2.29. The van der Waals surface area contributed by atoms with E-state index in [4.69, 9.17) is 14.2 Å². The van der Waals surface area contributed by atoms with Crippen LogP contribution in [0, 0.1) is 0 Å². The Bertz CT molecular complexity index is 499. The van der Waals surface area contributed by atoms with Crippen LogP contribution in [0.15, 0.2) is 24.3 Å². The fourth-order valence-electron chi connectivity index (χ4n) is 2.66.